The van der Waals surface area contributed by atoms with Crippen LogP contribution in [-0.2, 0) is 0 Å². The molecule has 3 aromatic carbocycles. The Morgan fingerprint density at radius 1 is 0.758 bits per heavy atom. The molecule has 0 saturated carbocycles. The molecule has 3 aromatic rings. The fraction of sp³-hybridized carbons (Fsp3) is 0.0714. The number of hydrogen-bond acceptors (Lipinski definition) is 5. The van der Waals surface area contributed by atoms with Gasteiger partial charge in [-0.15, -0.1) is 11.8 Å². The number of thiol groups is 1. The predicted molar refractivity (Wildman–Crippen MR) is 146 cm³/mol. The lowest BCUT2D eigenvalue weighted by Crippen LogP contribution is -2.20. The first kappa shape index (κ1) is 21.6. The van der Waals surface area contributed by atoms with Gasteiger partial charge in [0.15, 0.2) is 0 Å². The van der Waals surface area contributed by atoms with Gasteiger partial charge >= 0.3 is 0 Å². The maximum atomic E-state index is 8.81. The second-order valence-corrected chi connectivity index (χ2v) is 9.08. The SMILES string of the molecule is N=C1C(c2ccc(N(c3ccccc3)c3ccccc3)cc2)=CC=C(C2=CCCS2)/C1=N/S. The van der Waals surface area contributed by atoms with E-state index >= 15 is 0 Å². The molecule has 0 aromatic heterocycles. The second-order valence-electron chi connectivity index (χ2n) is 7.74. The number of rotatable bonds is 5. The van der Waals surface area contributed by atoms with Crippen molar-refractivity contribution in [1.29, 1.82) is 5.41 Å². The Morgan fingerprint density at radius 2 is 1.33 bits per heavy atom. The summed E-state index contributed by atoms with van der Waals surface area (Å²) in [5.41, 5.74) is 7.14. The third-order valence-corrected chi connectivity index (χ3v) is 7.05. The molecule has 5 rings (SSSR count). The molecule has 2 aliphatic rings. The lowest BCUT2D eigenvalue weighted by atomic mass is 9.89. The summed E-state index contributed by atoms with van der Waals surface area (Å²) in [6.45, 7) is 0. The summed E-state index contributed by atoms with van der Waals surface area (Å²) in [6, 6.07) is 29.1. The average molecular weight is 466 g/mol. The highest BCUT2D eigenvalue weighted by atomic mass is 32.2. The highest BCUT2D eigenvalue weighted by Gasteiger charge is 2.25. The second kappa shape index (κ2) is 9.69. The summed E-state index contributed by atoms with van der Waals surface area (Å²) in [5.74, 6) is 1.08. The van der Waals surface area contributed by atoms with E-state index < -0.39 is 0 Å². The minimum Gasteiger partial charge on any atom is -0.311 e. The Labute approximate surface area is 204 Å². The Hall–Kier alpha value is -3.28. The molecule has 0 saturated heterocycles. The van der Waals surface area contributed by atoms with Crippen molar-refractivity contribution in [1.82, 2.24) is 0 Å². The van der Waals surface area contributed by atoms with E-state index in [2.05, 4.69) is 82.8 Å². The zero-order valence-electron chi connectivity index (χ0n) is 18.0. The molecule has 0 atom stereocenters. The zero-order chi connectivity index (χ0) is 22.6. The van der Waals surface area contributed by atoms with Crippen LogP contribution in [0.25, 0.3) is 5.57 Å². The van der Waals surface area contributed by atoms with Crippen molar-refractivity contribution in [3.05, 3.63) is 119 Å². The van der Waals surface area contributed by atoms with Gasteiger partial charge in [0.05, 0.1) is 5.71 Å². The van der Waals surface area contributed by atoms with Crippen LogP contribution in [0.5, 0.6) is 0 Å². The Morgan fingerprint density at radius 3 is 1.88 bits per heavy atom. The van der Waals surface area contributed by atoms with Gasteiger partial charge in [-0.05, 0) is 61.2 Å². The average Bonchev–Trinajstić information content (AvgIpc) is 3.41. The first-order chi connectivity index (χ1) is 16.3. The van der Waals surface area contributed by atoms with Crippen LogP contribution in [0.2, 0.25) is 0 Å². The number of para-hydroxylation sites is 2. The van der Waals surface area contributed by atoms with Crippen molar-refractivity contribution in [2.45, 2.75) is 6.42 Å². The van der Waals surface area contributed by atoms with Gasteiger partial charge in [-0.2, -0.15) is 0 Å². The van der Waals surface area contributed by atoms with Crippen molar-refractivity contribution in [3.8, 4) is 0 Å². The van der Waals surface area contributed by atoms with Crippen LogP contribution in [0.1, 0.15) is 12.0 Å². The van der Waals surface area contributed by atoms with Crippen LogP contribution in [0, 0.1) is 5.41 Å². The summed E-state index contributed by atoms with van der Waals surface area (Å²) in [5, 5.41) is 8.81. The van der Waals surface area contributed by atoms with E-state index in [-0.39, 0.29) is 0 Å². The minimum atomic E-state index is 0.409. The number of anilines is 3. The van der Waals surface area contributed by atoms with Gasteiger partial charge in [-0.25, -0.2) is 4.40 Å². The number of thioether (sulfide) groups is 1. The smallest absolute Gasteiger partial charge is 0.105 e. The maximum Gasteiger partial charge on any atom is 0.105 e. The van der Waals surface area contributed by atoms with Gasteiger partial charge in [0, 0.05) is 38.9 Å². The lowest BCUT2D eigenvalue weighted by Gasteiger charge is -2.26. The highest BCUT2D eigenvalue weighted by Crippen LogP contribution is 2.37. The molecule has 1 heterocycles. The number of nitrogens with one attached hydrogen (secondary N) is 1. The highest BCUT2D eigenvalue weighted by molar-refractivity contribution is 8.03. The van der Waals surface area contributed by atoms with Crippen molar-refractivity contribution < 1.29 is 0 Å². The molecule has 33 heavy (non-hydrogen) atoms. The van der Waals surface area contributed by atoms with E-state index in [9.17, 15) is 0 Å². The van der Waals surface area contributed by atoms with Crippen molar-refractivity contribution in [3.63, 3.8) is 0 Å². The van der Waals surface area contributed by atoms with Gasteiger partial charge in [-0.3, -0.25) is 5.41 Å². The van der Waals surface area contributed by atoms with Gasteiger partial charge in [0.1, 0.15) is 5.71 Å². The summed E-state index contributed by atoms with van der Waals surface area (Å²) in [7, 11) is 0. The summed E-state index contributed by atoms with van der Waals surface area (Å²) in [6.07, 6.45) is 7.38. The number of hydrogen-bond donors (Lipinski definition) is 2. The van der Waals surface area contributed by atoms with E-state index in [1.54, 1.807) is 0 Å². The fourth-order valence-electron chi connectivity index (χ4n) is 4.13. The minimum absolute atomic E-state index is 0.409. The quantitative estimate of drug-likeness (QED) is 0.298. The van der Waals surface area contributed by atoms with E-state index in [0.29, 0.717) is 11.4 Å². The molecule has 0 amide bonds. The van der Waals surface area contributed by atoms with Gasteiger partial charge in [0.2, 0.25) is 0 Å². The summed E-state index contributed by atoms with van der Waals surface area (Å²) in [4.78, 5) is 3.42. The van der Waals surface area contributed by atoms with Gasteiger partial charge in [-0.1, -0.05) is 66.8 Å². The zero-order valence-corrected chi connectivity index (χ0v) is 19.7. The Bertz CT molecular complexity index is 1250. The van der Waals surface area contributed by atoms with E-state index in [0.717, 1.165) is 45.9 Å². The lowest BCUT2D eigenvalue weighted by molar-refractivity contribution is 1.27. The molecule has 1 aliphatic heterocycles. The third kappa shape index (κ3) is 4.34. The van der Waals surface area contributed by atoms with Crippen LogP contribution in [0.15, 0.2) is 118 Å². The standard InChI is InChI=1S/C28H23N3S2/c29-27-24(17-18-25(28(27)30-32)26-12-7-19-33-26)20-13-15-23(16-14-20)31(21-8-3-1-4-9-21)22-10-5-2-6-11-22/h1-6,8-18,29,32H,7,19H2/b29-27?,30-28-. The molecule has 5 heteroatoms. The molecule has 0 radical (unpaired) electrons. The molecule has 0 unspecified atom stereocenters. The molecule has 0 fully saturated rings. The summed E-state index contributed by atoms with van der Waals surface area (Å²) < 4.78 is 4.17. The maximum absolute atomic E-state index is 8.81. The first-order valence-electron chi connectivity index (χ1n) is 10.8. The van der Waals surface area contributed by atoms with Gasteiger partial charge < -0.3 is 4.90 Å². The Balaban J connectivity index is 1.51. The van der Waals surface area contributed by atoms with Crippen LogP contribution in [0.4, 0.5) is 17.1 Å². The third-order valence-electron chi connectivity index (χ3n) is 5.71. The molecule has 0 bridgehead atoms. The molecular weight excluding hydrogens is 442 g/mol. The summed E-state index contributed by atoms with van der Waals surface area (Å²) >= 11 is 6.00. The van der Waals surface area contributed by atoms with E-state index in [1.807, 2.05) is 54.2 Å². The molecule has 1 N–H and O–H groups in total. The van der Waals surface area contributed by atoms with Crippen molar-refractivity contribution >= 4 is 58.6 Å². The largest absolute Gasteiger partial charge is 0.311 e. The monoisotopic (exact) mass is 465 g/mol. The van der Waals surface area contributed by atoms with Crippen LogP contribution < -0.4 is 4.90 Å². The van der Waals surface area contributed by atoms with E-state index in [4.69, 9.17) is 5.41 Å². The van der Waals surface area contributed by atoms with E-state index in [1.165, 1.54) is 4.91 Å². The van der Waals surface area contributed by atoms with Gasteiger partial charge in [0.25, 0.3) is 0 Å². The predicted octanol–water partition coefficient (Wildman–Crippen LogP) is 7.81. The van der Waals surface area contributed by atoms with Crippen molar-refractivity contribution in [2.75, 3.05) is 10.7 Å². The molecule has 3 nitrogen and oxygen atoms in total. The van der Waals surface area contributed by atoms with Crippen LogP contribution in [0.3, 0.4) is 0 Å². The topological polar surface area (TPSA) is 39.5 Å². The van der Waals surface area contributed by atoms with Crippen LogP contribution in [-0.4, -0.2) is 17.2 Å². The molecular formula is C28H23N3S2. The number of allylic oxidation sites excluding steroid dienone is 5. The fourth-order valence-corrected chi connectivity index (χ4v) is 5.35. The first-order valence-corrected chi connectivity index (χ1v) is 12.2. The molecule has 1 aliphatic carbocycles. The van der Waals surface area contributed by atoms with Crippen LogP contribution >= 0.6 is 24.6 Å². The number of nitrogens with zero attached hydrogens (tertiary/aromatic N) is 2. The Kier molecular flexibility index (Phi) is 6.33. The number of benzene rings is 3. The normalized spacial score (nSPS) is 16.9. The molecule has 0 spiro atoms. The molecule has 162 valence electrons. The van der Waals surface area contributed by atoms with Crippen molar-refractivity contribution in [2.24, 2.45) is 4.40 Å².